The van der Waals surface area contributed by atoms with E-state index >= 15 is 0 Å². The largest absolute Gasteiger partial charge is 0.478 e. The Balaban J connectivity index is 2.59. The molecule has 1 saturated carbocycles. The second kappa shape index (κ2) is 6.83. The van der Waals surface area contributed by atoms with Gasteiger partial charge >= 0.3 is 5.97 Å². The molecule has 0 saturated heterocycles. The standard InChI is InChI=1S/C13H21NO3S/c1-8(9(2)13(16)17)12(15)14-10-5-4-6-11(7-10)18-3/h10-11H,4-7H2,1-3H3,(H,14,15)(H,16,17). The van der Waals surface area contributed by atoms with Crippen molar-refractivity contribution in [3.63, 3.8) is 0 Å². The summed E-state index contributed by atoms with van der Waals surface area (Å²) in [6.45, 7) is 3.02. The maximum atomic E-state index is 11.9. The summed E-state index contributed by atoms with van der Waals surface area (Å²) in [5.41, 5.74) is 0.415. The predicted molar refractivity (Wildman–Crippen MR) is 73.7 cm³/mol. The molecular weight excluding hydrogens is 250 g/mol. The first-order chi connectivity index (χ1) is 8.45. The highest BCUT2D eigenvalue weighted by atomic mass is 32.2. The third-order valence-electron chi connectivity index (χ3n) is 3.52. The lowest BCUT2D eigenvalue weighted by molar-refractivity contribution is -0.133. The first-order valence-corrected chi connectivity index (χ1v) is 7.49. The van der Waals surface area contributed by atoms with Crippen LogP contribution in [0.2, 0.25) is 0 Å². The fourth-order valence-electron chi connectivity index (χ4n) is 2.11. The fraction of sp³-hybridized carbons (Fsp3) is 0.692. The predicted octanol–water partition coefficient (Wildman–Crippen LogP) is 2.20. The van der Waals surface area contributed by atoms with Crippen LogP contribution in [0.15, 0.2) is 11.1 Å². The molecule has 1 amide bonds. The van der Waals surface area contributed by atoms with Gasteiger partial charge in [-0.2, -0.15) is 11.8 Å². The van der Waals surface area contributed by atoms with Crippen LogP contribution in [0, 0.1) is 0 Å². The molecule has 0 aromatic rings. The van der Waals surface area contributed by atoms with Gasteiger partial charge in [-0.05, 0) is 39.4 Å². The summed E-state index contributed by atoms with van der Waals surface area (Å²) in [6, 6.07) is 0.181. The zero-order valence-corrected chi connectivity index (χ0v) is 12.0. The van der Waals surface area contributed by atoms with E-state index < -0.39 is 5.97 Å². The number of carbonyl (C=O) groups is 2. The zero-order chi connectivity index (χ0) is 13.7. The molecule has 0 aromatic carbocycles. The molecule has 0 aliphatic heterocycles. The van der Waals surface area contributed by atoms with Gasteiger partial charge in [0.25, 0.3) is 0 Å². The van der Waals surface area contributed by atoms with Crippen LogP contribution in [0.4, 0.5) is 0 Å². The number of rotatable bonds is 4. The number of thioether (sulfide) groups is 1. The molecule has 1 rings (SSSR count). The van der Waals surface area contributed by atoms with Gasteiger partial charge in [0, 0.05) is 22.4 Å². The Kier molecular flexibility index (Phi) is 5.72. The van der Waals surface area contributed by atoms with E-state index in [1.165, 1.54) is 13.3 Å². The fourth-order valence-corrected chi connectivity index (χ4v) is 2.94. The average Bonchev–Trinajstić information content (AvgIpc) is 2.36. The Hall–Kier alpha value is -0.970. The molecule has 1 aliphatic rings. The summed E-state index contributed by atoms with van der Waals surface area (Å²) in [7, 11) is 0. The van der Waals surface area contributed by atoms with Crippen molar-refractivity contribution in [2.24, 2.45) is 0 Å². The Morgan fingerprint density at radius 2 is 1.89 bits per heavy atom. The normalized spacial score (nSPS) is 25.3. The van der Waals surface area contributed by atoms with E-state index in [4.69, 9.17) is 5.11 Å². The number of nitrogens with one attached hydrogen (secondary N) is 1. The van der Waals surface area contributed by atoms with E-state index in [1.54, 1.807) is 6.92 Å². The van der Waals surface area contributed by atoms with Crippen molar-refractivity contribution in [3.8, 4) is 0 Å². The minimum Gasteiger partial charge on any atom is -0.478 e. The molecule has 2 N–H and O–H groups in total. The van der Waals surface area contributed by atoms with Gasteiger partial charge in [0.15, 0.2) is 0 Å². The van der Waals surface area contributed by atoms with Gasteiger partial charge in [-0.15, -0.1) is 0 Å². The quantitative estimate of drug-likeness (QED) is 0.769. The van der Waals surface area contributed by atoms with Gasteiger partial charge in [0.1, 0.15) is 0 Å². The number of hydrogen-bond donors (Lipinski definition) is 2. The number of carbonyl (C=O) groups excluding carboxylic acids is 1. The van der Waals surface area contributed by atoms with Crippen LogP contribution in [0.25, 0.3) is 0 Å². The Bertz CT molecular complexity index is 365. The smallest absolute Gasteiger partial charge is 0.331 e. The van der Waals surface area contributed by atoms with Crippen LogP contribution in [-0.2, 0) is 9.59 Å². The van der Waals surface area contributed by atoms with E-state index in [0.29, 0.717) is 10.8 Å². The Labute approximate surface area is 112 Å². The van der Waals surface area contributed by atoms with E-state index in [2.05, 4.69) is 11.6 Å². The first-order valence-electron chi connectivity index (χ1n) is 6.20. The highest BCUT2D eigenvalue weighted by Crippen LogP contribution is 2.27. The van der Waals surface area contributed by atoms with Crippen LogP contribution in [0.5, 0.6) is 0 Å². The van der Waals surface area contributed by atoms with Crippen LogP contribution < -0.4 is 5.32 Å². The molecule has 0 spiro atoms. The number of carboxylic acids is 1. The molecule has 0 aromatic heterocycles. The molecular formula is C13H21NO3S. The van der Waals surface area contributed by atoms with Crippen LogP contribution in [0.3, 0.4) is 0 Å². The van der Waals surface area contributed by atoms with Crippen molar-refractivity contribution in [1.29, 1.82) is 0 Å². The Morgan fingerprint density at radius 3 is 2.44 bits per heavy atom. The lowest BCUT2D eigenvalue weighted by Crippen LogP contribution is -2.39. The minimum atomic E-state index is -1.03. The summed E-state index contributed by atoms with van der Waals surface area (Å²) in [5.74, 6) is -1.28. The lowest BCUT2D eigenvalue weighted by Gasteiger charge is -2.28. The number of aliphatic carboxylic acids is 1. The van der Waals surface area contributed by atoms with Crippen molar-refractivity contribution in [2.75, 3.05) is 6.26 Å². The highest BCUT2D eigenvalue weighted by molar-refractivity contribution is 7.99. The van der Waals surface area contributed by atoms with Crippen molar-refractivity contribution in [3.05, 3.63) is 11.1 Å². The Morgan fingerprint density at radius 1 is 1.22 bits per heavy atom. The van der Waals surface area contributed by atoms with Gasteiger partial charge in [0.05, 0.1) is 0 Å². The molecule has 0 heterocycles. The maximum absolute atomic E-state index is 11.9. The second-order valence-electron chi connectivity index (χ2n) is 4.75. The maximum Gasteiger partial charge on any atom is 0.331 e. The highest BCUT2D eigenvalue weighted by Gasteiger charge is 2.23. The molecule has 4 nitrogen and oxygen atoms in total. The summed E-state index contributed by atoms with van der Waals surface area (Å²) >= 11 is 1.84. The van der Waals surface area contributed by atoms with E-state index in [9.17, 15) is 9.59 Å². The number of hydrogen-bond acceptors (Lipinski definition) is 3. The lowest BCUT2D eigenvalue weighted by atomic mass is 9.94. The molecule has 1 fully saturated rings. The number of carboxylic acid groups (broad SMARTS) is 1. The van der Waals surface area contributed by atoms with Crippen molar-refractivity contribution in [2.45, 2.75) is 50.8 Å². The van der Waals surface area contributed by atoms with Crippen molar-refractivity contribution in [1.82, 2.24) is 5.32 Å². The average molecular weight is 271 g/mol. The first kappa shape index (κ1) is 15.1. The second-order valence-corrected chi connectivity index (χ2v) is 5.89. The summed E-state index contributed by atoms with van der Waals surface area (Å²) in [4.78, 5) is 22.7. The van der Waals surface area contributed by atoms with Crippen LogP contribution >= 0.6 is 11.8 Å². The molecule has 18 heavy (non-hydrogen) atoms. The monoisotopic (exact) mass is 271 g/mol. The van der Waals surface area contributed by atoms with Crippen LogP contribution in [-0.4, -0.2) is 34.5 Å². The molecule has 1 aliphatic carbocycles. The molecule has 0 bridgehead atoms. The van der Waals surface area contributed by atoms with Gasteiger partial charge in [-0.25, -0.2) is 4.79 Å². The molecule has 2 unspecified atom stereocenters. The van der Waals surface area contributed by atoms with Crippen molar-refractivity contribution >= 4 is 23.6 Å². The van der Waals surface area contributed by atoms with Crippen molar-refractivity contribution < 1.29 is 14.7 Å². The minimum absolute atomic E-state index is 0.115. The van der Waals surface area contributed by atoms with Crippen LogP contribution in [0.1, 0.15) is 39.5 Å². The van der Waals surface area contributed by atoms with E-state index in [1.807, 2.05) is 11.8 Å². The van der Waals surface area contributed by atoms with Gasteiger partial charge in [-0.1, -0.05) is 6.42 Å². The topological polar surface area (TPSA) is 66.4 Å². The molecule has 0 radical (unpaired) electrons. The SMILES string of the molecule is CSC1CCCC(NC(=O)C(C)=C(C)C(=O)O)C1. The third-order valence-corrected chi connectivity index (χ3v) is 4.61. The molecule has 102 valence electrons. The van der Waals surface area contributed by atoms with Gasteiger partial charge < -0.3 is 10.4 Å². The summed E-state index contributed by atoms with van der Waals surface area (Å²) in [6.07, 6.45) is 6.39. The van der Waals surface area contributed by atoms with Gasteiger partial charge in [-0.3, -0.25) is 4.79 Å². The molecule has 5 heteroatoms. The van der Waals surface area contributed by atoms with E-state index in [0.717, 1.165) is 19.3 Å². The summed E-state index contributed by atoms with van der Waals surface area (Å²) in [5, 5.41) is 12.4. The summed E-state index contributed by atoms with van der Waals surface area (Å²) < 4.78 is 0. The van der Waals surface area contributed by atoms with Gasteiger partial charge in [0.2, 0.25) is 5.91 Å². The van der Waals surface area contributed by atoms with E-state index in [-0.39, 0.29) is 17.5 Å². The molecule has 2 atom stereocenters. The third kappa shape index (κ3) is 4.05. The zero-order valence-electron chi connectivity index (χ0n) is 11.2. The number of amides is 1.